The molecule has 2 unspecified atom stereocenters. The first-order valence-corrected chi connectivity index (χ1v) is 17.6. The average Bonchev–Trinajstić information content (AvgIpc) is 2.97. The van der Waals surface area contributed by atoms with E-state index in [1.165, 1.54) is 0 Å². The number of carbonyl (C=O) groups excluding carboxylic acids is 1. The van der Waals surface area contributed by atoms with Gasteiger partial charge < -0.3 is 27.9 Å². The maximum Gasteiger partial charge on any atom is 0.305 e. The Labute approximate surface area is 268 Å². The monoisotopic (exact) mass is 637 g/mol. The van der Waals surface area contributed by atoms with Gasteiger partial charge in [-0.3, -0.25) is 9.36 Å². The Balaban J connectivity index is 3.95. The number of esters is 1. The van der Waals surface area contributed by atoms with Crippen LogP contribution in [0.4, 0.5) is 0 Å². The summed E-state index contributed by atoms with van der Waals surface area (Å²) in [7, 11) is 1.31. The van der Waals surface area contributed by atoms with E-state index in [-0.39, 0.29) is 26.2 Å². The highest BCUT2D eigenvalue weighted by molar-refractivity contribution is 7.45. The molecule has 0 aromatic carbocycles. The minimum Gasteiger partial charge on any atom is -0.756 e. The van der Waals surface area contributed by atoms with Gasteiger partial charge in [-0.15, -0.1) is 0 Å². The fourth-order valence-corrected chi connectivity index (χ4v) is 4.25. The molecule has 0 bridgehead atoms. The molecule has 0 aromatic heterocycles. The number of ether oxygens (including phenoxy) is 2. The van der Waals surface area contributed by atoms with Crippen molar-refractivity contribution >= 4 is 13.8 Å². The van der Waals surface area contributed by atoms with Gasteiger partial charge in [-0.2, -0.15) is 0 Å². The van der Waals surface area contributed by atoms with Gasteiger partial charge in [-0.05, 0) is 57.8 Å². The molecule has 0 saturated heterocycles. The van der Waals surface area contributed by atoms with Crippen LogP contribution in [-0.2, 0) is 27.9 Å². The van der Waals surface area contributed by atoms with Crippen molar-refractivity contribution in [2.45, 2.75) is 90.6 Å². The second kappa shape index (κ2) is 28.4. The standard InChI is InChI=1S/C35H60NO7P/c1-6-8-9-10-11-12-13-14-15-16-17-18-19-20-21-22-23-24-25-26-27-28-30-40-32-34(43-35(37)7-2)33-42-44(38,39)41-31-29-36(3,4)5/h8-9,11-12,14-15,17-18,20-21,23-24,34H,6-7,10,13,16,19,22,25-33H2,1-5H3/b9-8-,12-11-,15-14-,18-17-,21-20-,24-23-. The molecule has 0 saturated carbocycles. The third-order valence-electron chi connectivity index (χ3n) is 6.08. The van der Waals surface area contributed by atoms with Crippen LogP contribution < -0.4 is 4.89 Å². The van der Waals surface area contributed by atoms with Gasteiger partial charge in [0, 0.05) is 13.0 Å². The van der Waals surface area contributed by atoms with E-state index >= 15 is 0 Å². The molecular formula is C35H60NO7P. The number of phosphoric acid groups is 1. The molecule has 0 radical (unpaired) electrons. The number of phosphoric ester groups is 1. The summed E-state index contributed by atoms with van der Waals surface area (Å²) < 4.78 is 33.4. The molecule has 0 aliphatic rings. The van der Waals surface area contributed by atoms with E-state index in [9.17, 15) is 14.3 Å². The Kier molecular flexibility index (Phi) is 27.1. The first-order valence-electron chi connectivity index (χ1n) is 16.2. The summed E-state index contributed by atoms with van der Waals surface area (Å²) in [6.07, 6.45) is 35.7. The molecular weight excluding hydrogens is 577 g/mol. The Morgan fingerprint density at radius 2 is 1.23 bits per heavy atom. The van der Waals surface area contributed by atoms with Crippen molar-refractivity contribution in [1.82, 2.24) is 0 Å². The van der Waals surface area contributed by atoms with Crippen LogP contribution in [0.25, 0.3) is 0 Å². The second-order valence-corrected chi connectivity index (χ2v) is 12.8. The zero-order chi connectivity index (χ0) is 32.8. The van der Waals surface area contributed by atoms with E-state index in [2.05, 4.69) is 79.8 Å². The average molecular weight is 638 g/mol. The molecule has 0 spiro atoms. The SMILES string of the molecule is CC/C=C\C/C=C\C/C=C\C/C=C\C/C=C\C/C=C\CCCCCOCC(COP(=O)([O-])OCC[N+](C)(C)C)OC(=O)CC. The molecule has 44 heavy (non-hydrogen) atoms. The van der Waals surface area contributed by atoms with Crippen LogP contribution in [0.5, 0.6) is 0 Å². The molecule has 0 N–H and O–H groups in total. The number of hydrogen-bond donors (Lipinski definition) is 0. The zero-order valence-electron chi connectivity index (χ0n) is 28.1. The predicted octanol–water partition coefficient (Wildman–Crippen LogP) is 7.79. The van der Waals surface area contributed by atoms with Gasteiger partial charge in [0.15, 0.2) is 0 Å². The van der Waals surface area contributed by atoms with Gasteiger partial charge in [0.2, 0.25) is 0 Å². The third kappa shape index (κ3) is 31.4. The molecule has 0 amide bonds. The molecule has 8 nitrogen and oxygen atoms in total. The third-order valence-corrected chi connectivity index (χ3v) is 7.04. The number of nitrogens with zero attached hydrogens (tertiary/aromatic N) is 1. The molecule has 0 heterocycles. The van der Waals surface area contributed by atoms with E-state index in [4.69, 9.17) is 18.5 Å². The van der Waals surface area contributed by atoms with Crippen LogP contribution in [-0.4, -0.2) is 70.7 Å². The Hall–Kier alpha value is -2.06. The minimum absolute atomic E-state index is 0.0127. The van der Waals surface area contributed by atoms with Crippen LogP contribution >= 0.6 is 7.82 Å². The number of hydrogen-bond acceptors (Lipinski definition) is 7. The van der Waals surface area contributed by atoms with Crippen molar-refractivity contribution < 1.29 is 37.3 Å². The number of unbranched alkanes of at least 4 members (excludes halogenated alkanes) is 3. The van der Waals surface area contributed by atoms with Crippen molar-refractivity contribution in [1.29, 1.82) is 0 Å². The number of carbonyl (C=O) groups is 1. The van der Waals surface area contributed by atoms with Crippen molar-refractivity contribution in [2.75, 3.05) is 54.1 Å². The molecule has 0 aromatic rings. The smallest absolute Gasteiger partial charge is 0.305 e. The van der Waals surface area contributed by atoms with E-state index in [0.717, 1.165) is 64.2 Å². The lowest BCUT2D eigenvalue weighted by atomic mass is 10.2. The second-order valence-electron chi connectivity index (χ2n) is 11.4. The van der Waals surface area contributed by atoms with Gasteiger partial charge in [0.25, 0.3) is 7.82 Å². The Bertz CT molecular complexity index is 932. The normalized spacial score (nSPS) is 15.1. The first kappa shape index (κ1) is 41.9. The fraction of sp³-hybridized carbons (Fsp3) is 0.629. The van der Waals surface area contributed by atoms with E-state index < -0.39 is 19.9 Å². The molecule has 2 atom stereocenters. The molecule has 0 aliphatic carbocycles. The largest absolute Gasteiger partial charge is 0.756 e. The summed E-state index contributed by atoms with van der Waals surface area (Å²) in [6.45, 7) is 4.57. The van der Waals surface area contributed by atoms with Gasteiger partial charge in [-0.25, -0.2) is 0 Å². The predicted molar refractivity (Wildman–Crippen MR) is 180 cm³/mol. The van der Waals surface area contributed by atoms with Crippen molar-refractivity contribution in [3.05, 3.63) is 72.9 Å². The highest BCUT2D eigenvalue weighted by Crippen LogP contribution is 2.38. The van der Waals surface area contributed by atoms with Crippen molar-refractivity contribution in [2.24, 2.45) is 0 Å². The lowest BCUT2D eigenvalue weighted by Gasteiger charge is -2.28. The number of quaternary nitrogens is 1. The molecule has 9 heteroatoms. The maximum absolute atomic E-state index is 12.0. The van der Waals surface area contributed by atoms with Crippen LogP contribution in [0.15, 0.2) is 72.9 Å². The summed E-state index contributed by atoms with van der Waals surface area (Å²) in [5.74, 6) is -0.440. The number of likely N-dealkylation sites (N-methyl/N-ethyl adjacent to an activating group) is 1. The topological polar surface area (TPSA) is 94.1 Å². The lowest BCUT2D eigenvalue weighted by molar-refractivity contribution is -0.870. The molecule has 0 fully saturated rings. The summed E-state index contributed by atoms with van der Waals surface area (Å²) in [5, 5.41) is 0. The zero-order valence-corrected chi connectivity index (χ0v) is 29.0. The van der Waals surface area contributed by atoms with Crippen molar-refractivity contribution in [3.63, 3.8) is 0 Å². The molecule has 0 rings (SSSR count). The molecule has 0 aliphatic heterocycles. The number of allylic oxidation sites excluding steroid dienone is 12. The highest BCUT2D eigenvalue weighted by atomic mass is 31.2. The lowest BCUT2D eigenvalue weighted by Crippen LogP contribution is -2.37. The van der Waals surface area contributed by atoms with Gasteiger partial charge in [-0.1, -0.05) is 93.2 Å². The number of rotatable bonds is 28. The summed E-state index contributed by atoms with van der Waals surface area (Å²) in [5.41, 5.74) is 0. The summed E-state index contributed by atoms with van der Waals surface area (Å²) >= 11 is 0. The van der Waals surface area contributed by atoms with Gasteiger partial charge >= 0.3 is 5.97 Å². The summed E-state index contributed by atoms with van der Waals surface area (Å²) in [4.78, 5) is 23.8. The quantitative estimate of drug-likeness (QED) is 0.0284. The van der Waals surface area contributed by atoms with Crippen LogP contribution in [0.3, 0.4) is 0 Å². The van der Waals surface area contributed by atoms with Gasteiger partial charge in [0.05, 0.1) is 34.4 Å². The molecule has 252 valence electrons. The van der Waals surface area contributed by atoms with E-state index in [1.807, 2.05) is 21.1 Å². The van der Waals surface area contributed by atoms with E-state index in [0.29, 0.717) is 17.6 Å². The minimum atomic E-state index is -4.49. The van der Waals surface area contributed by atoms with Crippen LogP contribution in [0.2, 0.25) is 0 Å². The van der Waals surface area contributed by atoms with Crippen LogP contribution in [0, 0.1) is 0 Å². The summed E-state index contributed by atoms with van der Waals surface area (Å²) in [6, 6.07) is 0. The maximum atomic E-state index is 12.0. The van der Waals surface area contributed by atoms with Crippen LogP contribution in [0.1, 0.15) is 84.5 Å². The highest BCUT2D eigenvalue weighted by Gasteiger charge is 2.19. The van der Waals surface area contributed by atoms with Gasteiger partial charge in [0.1, 0.15) is 19.3 Å². The fourth-order valence-electron chi connectivity index (χ4n) is 3.52. The first-order chi connectivity index (χ1) is 21.1. The Morgan fingerprint density at radius 3 is 1.73 bits per heavy atom. The Morgan fingerprint density at radius 1 is 0.705 bits per heavy atom. The van der Waals surface area contributed by atoms with E-state index in [1.54, 1.807) is 6.92 Å². The van der Waals surface area contributed by atoms with Crippen molar-refractivity contribution in [3.8, 4) is 0 Å².